The van der Waals surface area contributed by atoms with Crippen LogP contribution in [0.5, 0.6) is 0 Å². The second-order valence-corrected chi connectivity index (χ2v) is 7.01. The van der Waals surface area contributed by atoms with Crippen molar-refractivity contribution in [2.45, 2.75) is 26.2 Å². The lowest BCUT2D eigenvalue weighted by Gasteiger charge is -2.04. The number of hydrogen-bond donors (Lipinski definition) is 1. The number of amides is 1. The first kappa shape index (κ1) is 17.4. The summed E-state index contributed by atoms with van der Waals surface area (Å²) in [6, 6.07) is 19.0. The summed E-state index contributed by atoms with van der Waals surface area (Å²) in [4.78, 5) is 15.6. The molecular formula is C21H22N2OS. The van der Waals surface area contributed by atoms with Crippen molar-refractivity contribution in [1.29, 1.82) is 0 Å². The smallest absolute Gasteiger partial charge is 0.216 e. The second kappa shape index (κ2) is 8.58. The molecule has 0 saturated carbocycles. The van der Waals surface area contributed by atoms with Crippen molar-refractivity contribution in [2.75, 3.05) is 6.54 Å². The minimum Gasteiger partial charge on any atom is -0.356 e. The molecule has 0 aliphatic carbocycles. The van der Waals surface area contributed by atoms with Gasteiger partial charge in [-0.15, -0.1) is 11.3 Å². The topological polar surface area (TPSA) is 42.0 Å². The number of nitrogens with zero attached hydrogens (tertiary/aromatic N) is 1. The molecule has 0 aliphatic heterocycles. The van der Waals surface area contributed by atoms with E-state index in [0.717, 1.165) is 42.1 Å². The van der Waals surface area contributed by atoms with Gasteiger partial charge in [0.1, 0.15) is 0 Å². The highest BCUT2D eigenvalue weighted by atomic mass is 32.1. The predicted octanol–water partition coefficient (Wildman–Crippen LogP) is 4.47. The van der Waals surface area contributed by atoms with Crippen LogP contribution < -0.4 is 5.32 Å². The Hall–Kier alpha value is -2.46. The third-order valence-electron chi connectivity index (χ3n) is 4.02. The van der Waals surface area contributed by atoms with Crippen LogP contribution in [0.1, 0.15) is 29.5 Å². The number of aromatic nitrogens is 1. The maximum absolute atomic E-state index is 10.9. The van der Waals surface area contributed by atoms with Gasteiger partial charge in [-0.25, -0.2) is 4.98 Å². The molecule has 3 nitrogen and oxygen atoms in total. The van der Waals surface area contributed by atoms with Crippen LogP contribution in [-0.2, 0) is 17.6 Å². The molecule has 0 unspecified atom stereocenters. The zero-order valence-electron chi connectivity index (χ0n) is 14.4. The molecule has 0 aliphatic rings. The summed E-state index contributed by atoms with van der Waals surface area (Å²) in [5, 5.41) is 6.10. The zero-order valence-corrected chi connectivity index (χ0v) is 15.2. The van der Waals surface area contributed by atoms with Crippen molar-refractivity contribution in [1.82, 2.24) is 10.3 Å². The van der Waals surface area contributed by atoms with E-state index in [0.29, 0.717) is 0 Å². The number of benzene rings is 2. The first-order valence-corrected chi connectivity index (χ1v) is 9.41. The fraction of sp³-hybridized carbons (Fsp3) is 0.238. The number of aryl methyl sites for hydroxylation is 1. The van der Waals surface area contributed by atoms with Crippen LogP contribution in [0.2, 0.25) is 0 Å². The molecule has 0 bridgehead atoms. The molecule has 1 N–H and O–H groups in total. The number of hydrogen-bond acceptors (Lipinski definition) is 3. The molecule has 4 heteroatoms. The molecule has 128 valence electrons. The average molecular weight is 350 g/mol. The van der Waals surface area contributed by atoms with E-state index in [-0.39, 0.29) is 5.91 Å². The number of thiazole rings is 1. The van der Waals surface area contributed by atoms with Crippen molar-refractivity contribution in [3.63, 3.8) is 0 Å². The van der Waals surface area contributed by atoms with E-state index in [1.54, 1.807) is 18.3 Å². The van der Waals surface area contributed by atoms with E-state index >= 15 is 0 Å². The van der Waals surface area contributed by atoms with Gasteiger partial charge in [-0.05, 0) is 24.0 Å². The summed E-state index contributed by atoms with van der Waals surface area (Å²) in [6.07, 6.45) is 2.81. The van der Waals surface area contributed by atoms with Crippen LogP contribution in [0, 0.1) is 0 Å². The summed E-state index contributed by atoms with van der Waals surface area (Å²) < 4.78 is 0. The summed E-state index contributed by atoms with van der Waals surface area (Å²) in [7, 11) is 0. The lowest BCUT2D eigenvalue weighted by Crippen LogP contribution is -2.21. The van der Waals surface area contributed by atoms with Gasteiger partial charge in [0.25, 0.3) is 0 Å². The van der Waals surface area contributed by atoms with E-state index < -0.39 is 0 Å². The van der Waals surface area contributed by atoms with E-state index in [1.165, 1.54) is 11.1 Å². The van der Waals surface area contributed by atoms with Crippen molar-refractivity contribution < 1.29 is 4.79 Å². The maximum Gasteiger partial charge on any atom is 0.216 e. The van der Waals surface area contributed by atoms with E-state index in [4.69, 9.17) is 4.98 Å². The van der Waals surface area contributed by atoms with Crippen LogP contribution in [0.3, 0.4) is 0 Å². The minimum atomic E-state index is 0.0326. The Morgan fingerprint density at radius 2 is 1.80 bits per heavy atom. The van der Waals surface area contributed by atoms with Gasteiger partial charge in [-0.3, -0.25) is 4.79 Å². The van der Waals surface area contributed by atoms with Gasteiger partial charge in [0.05, 0.1) is 10.7 Å². The number of carbonyl (C=O) groups excluding carboxylic acids is 1. The Balaban J connectivity index is 1.58. The monoisotopic (exact) mass is 350 g/mol. The molecule has 25 heavy (non-hydrogen) atoms. The molecule has 3 aromatic rings. The maximum atomic E-state index is 10.9. The number of nitrogens with one attached hydrogen (secondary N) is 1. The SMILES string of the molecule is CC(=O)NCCCc1ccc(-c2csc(Cc3ccccc3)n2)cc1. The highest BCUT2D eigenvalue weighted by molar-refractivity contribution is 7.10. The molecule has 1 amide bonds. The Morgan fingerprint density at radius 1 is 1.04 bits per heavy atom. The van der Waals surface area contributed by atoms with Gasteiger partial charge in [-0.1, -0.05) is 54.6 Å². The highest BCUT2D eigenvalue weighted by Crippen LogP contribution is 2.24. The molecule has 1 aromatic heterocycles. The molecule has 1 heterocycles. The summed E-state index contributed by atoms with van der Waals surface area (Å²) in [6.45, 7) is 2.28. The Bertz CT molecular complexity index is 809. The quantitative estimate of drug-likeness (QED) is 0.639. The average Bonchev–Trinajstić information content (AvgIpc) is 3.08. The lowest BCUT2D eigenvalue weighted by molar-refractivity contribution is -0.118. The van der Waals surface area contributed by atoms with Crippen LogP contribution >= 0.6 is 11.3 Å². The van der Waals surface area contributed by atoms with E-state index in [1.807, 2.05) is 6.07 Å². The molecule has 2 aromatic carbocycles. The summed E-state index contributed by atoms with van der Waals surface area (Å²) in [5.74, 6) is 0.0326. The molecule has 0 fully saturated rings. The van der Waals surface area contributed by atoms with Gasteiger partial charge in [0.15, 0.2) is 0 Å². The largest absolute Gasteiger partial charge is 0.356 e. The predicted molar refractivity (Wildman–Crippen MR) is 104 cm³/mol. The Kier molecular flexibility index (Phi) is 5.96. The standard InChI is InChI=1S/C21H22N2OS/c1-16(24)22-13-5-8-17-9-11-19(12-10-17)20-15-25-21(23-20)14-18-6-3-2-4-7-18/h2-4,6-7,9-12,15H,5,8,13-14H2,1H3,(H,22,24). The molecule has 0 atom stereocenters. The van der Waals surface area contributed by atoms with Gasteiger partial charge >= 0.3 is 0 Å². The highest BCUT2D eigenvalue weighted by Gasteiger charge is 2.06. The first-order valence-electron chi connectivity index (χ1n) is 8.53. The summed E-state index contributed by atoms with van der Waals surface area (Å²) >= 11 is 1.71. The molecule has 0 spiro atoms. The van der Waals surface area contributed by atoms with Crippen LogP contribution in [-0.4, -0.2) is 17.4 Å². The molecule has 0 saturated heterocycles. The van der Waals surface area contributed by atoms with E-state index in [9.17, 15) is 4.79 Å². The fourth-order valence-electron chi connectivity index (χ4n) is 2.69. The van der Waals surface area contributed by atoms with Crippen LogP contribution in [0.25, 0.3) is 11.3 Å². The molecular weight excluding hydrogens is 328 g/mol. The van der Waals surface area contributed by atoms with Gasteiger partial charge < -0.3 is 5.32 Å². The minimum absolute atomic E-state index is 0.0326. The lowest BCUT2D eigenvalue weighted by atomic mass is 10.1. The normalized spacial score (nSPS) is 10.6. The van der Waals surface area contributed by atoms with Gasteiger partial charge in [-0.2, -0.15) is 0 Å². The second-order valence-electron chi connectivity index (χ2n) is 6.07. The van der Waals surface area contributed by atoms with Crippen molar-refractivity contribution >= 4 is 17.2 Å². The van der Waals surface area contributed by atoms with Gasteiger partial charge in [0, 0.05) is 30.8 Å². The molecule has 0 radical (unpaired) electrons. The Labute approximate surface area is 152 Å². The van der Waals surface area contributed by atoms with Crippen LogP contribution in [0.4, 0.5) is 0 Å². The fourth-order valence-corrected chi connectivity index (χ4v) is 3.53. The zero-order chi connectivity index (χ0) is 17.5. The Morgan fingerprint density at radius 3 is 2.52 bits per heavy atom. The number of rotatable bonds is 7. The van der Waals surface area contributed by atoms with Gasteiger partial charge in [0.2, 0.25) is 5.91 Å². The van der Waals surface area contributed by atoms with Crippen LogP contribution in [0.15, 0.2) is 60.0 Å². The molecule has 3 rings (SSSR count). The first-order chi connectivity index (χ1) is 12.2. The summed E-state index contributed by atoms with van der Waals surface area (Å²) in [5.41, 5.74) is 4.77. The van der Waals surface area contributed by atoms with E-state index in [2.05, 4.69) is 59.2 Å². The van der Waals surface area contributed by atoms with Crippen molar-refractivity contribution in [3.05, 3.63) is 76.1 Å². The third-order valence-corrected chi connectivity index (χ3v) is 4.86. The van der Waals surface area contributed by atoms with Crippen molar-refractivity contribution in [3.8, 4) is 11.3 Å². The van der Waals surface area contributed by atoms with Crippen molar-refractivity contribution in [2.24, 2.45) is 0 Å². The third kappa shape index (κ3) is 5.26. The number of carbonyl (C=O) groups is 1.